The number of aliphatic imine (C=N–C) groups is 1. The third-order valence-electron chi connectivity index (χ3n) is 5.33. The molecule has 1 fully saturated rings. The van der Waals surface area contributed by atoms with Crippen LogP contribution in [0.3, 0.4) is 0 Å². The molecule has 31 heavy (non-hydrogen) atoms. The minimum absolute atomic E-state index is 0. The molecule has 1 aliphatic heterocycles. The maximum Gasteiger partial charge on any atom is 0.191 e. The van der Waals surface area contributed by atoms with Gasteiger partial charge in [0.25, 0.3) is 0 Å². The Morgan fingerprint density at radius 1 is 1.16 bits per heavy atom. The van der Waals surface area contributed by atoms with Crippen molar-refractivity contribution in [3.8, 4) is 0 Å². The molecule has 9 heteroatoms. The van der Waals surface area contributed by atoms with Crippen LogP contribution in [0.4, 0.5) is 5.00 Å². The van der Waals surface area contributed by atoms with Gasteiger partial charge in [0.15, 0.2) is 15.8 Å². The molecule has 0 saturated carbocycles. The Balaban J connectivity index is 0.00000341. The highest BCUT2D eigenvalue weighted by Crippen LogP contribution is 2.24. The summed E-state index contributed by atoms with van der Waals surface area (Å²) in [5.41, 5.74) is 0. The quantitative estimate of drug-likeness (QED) is 0.281. The second-order valence-electron chi connectivity index (χ2n) is 7.52. The van der Waals surface area contributed by atoms with Gasteiger partial charge in [0.2, 0.25) is 0 Å². The van der Waals surface area contributed by atoms with Gasteiger partial charge >= 0.3 is 0 Å². The minimum Gasteiger partial charge on any atom is -0.363 e. The van der Waals surface area contributed by atoms with Crippen molar-refractivity contribution in [2.75, 3.05) is 30.3 Å². The first-order chi connectivity index (χ1) is 14.5. The predicted octanol–water partition coefficient (Wildman–Crippen LogP) is 4.14. The van der Waals surface area contributed by atoms with Gasteiger partial charge in [-0.1, -0.05) is 25.1 Å². The van der Waals surface area contributed by atoms with Gasteiger partial charge in [-0.05, 0) is 55.8 Å². The van der Waals surface area contributed by atoms with Crippen molar-refractivity contribution in [3.05, 3.63) is 47.8 Å². The smallest absolute Gasteiger partial charge is 0.191 e. The summed E-state index contributed by atoms with van der Waals surface area (Å²) in [6, 6.07) is 13.1. The summed E-state index contributed by atoms with van der Waals surface area (Å²) < 4.78 is 25.5. The van der Waals surface area contributed by atoms with Crippen LogP contribution >= 0.6 is 35.3 Å². The normalized spacial score (nSPS) is 16.5. The lowest BCUT2D eigenvalue weighted by Crippen LogP contribution is -2.52. The first kappa shape index (κ1) is 25.9. The van der Waals surface area contributed by atoms with Crippen molar-refractivity contribution in [2.45, 2.75) is 50.1 Å². The molecule has 6 nitrogen and oxygen atoms in total. The molecule has 1 aromatic heterocycles. The van der Waals surface area contributed by atoms with Crippen LogP contribution in [0.1, 0.15) is 33.1 Å². The van der Waals surface area contributed by atoms with Crippen LogP contribution in [-0.2, 0) is 9.84 Å². The number of rotatable bonds is 8. The van der Waals surface area contributed by atoms with E-state index in [1.807, 2.05) is 19.9 Å². The van der Waals surface area contributed by atoms with Gasteiger partial charge in [-0.3, -0.25) is 4.99 Å². The largest absolute Gasteiger partial charge is 0.363 e. The zero-order valence-corrected chi connectivity index (χ0v) is 22.1. The highest BCUT2D eigenvalue weighted by atomic mass is 127. The Hall–Kier alpha value is -1.33. The Morgan fingerprint density at radius 2 is 1.87 bits per heavy atom. The van der Waals surface area contributed by atoms with Crippen molar-refractivity contribution < 1.29 is 8.42 Å². The summed E-state index contributed by atoms with van der Waals surface area (Å²) in [6.07, 6.45) is 2.76. The minimum atomic E-state index is -3.35. The maximum absolute atomic E-state index is 12.8. The Bertz CT molecular complexity index is 897. The van der Waals surface area contributed by atoms with E-state index in [0.29, 0.717) is 29.9 Å². The maximum atomic E-state index is 12.8. The molecule has 0 amide bonds. The fourth-order valence-corrected chi connectivity index (χ4v) is 6.02. The number of nitrogens with one attached hydrogen (secondary N) is 2. The highest BCUT2D eigenvalue weighted by Gasteiger charge is 2.24. The number of anilines is 1. The summed E-state index contributed by atoms with van der Waals surface area (Å²) in [5.74, 6) is 0.761. The second kappa shape index (κ2) is 12.6. The van der Waals surface area contributed by atoms with Crippen LogP contribution in [0.5, 0.6) is 0 Å². The average Bonchev–Trinajstić information content (AvgIpc) is 3.29. The molecule has 0 bridgehead atoms. The number of guanidine groups is 1. The van der Waals surface area contributed by atoms with Crippen LogP contribution in [0.25, 0.3) is 0 Å². The molecule has 1 unspecified atom stereocenters. The van der Waals surface area contributed by atoms with Gasteiger partial charge in [0, 0.05) is 31.7 Å². The van der Waals surface area contributed by atoms with Gasteiger partial charge in [-0.25, -0.2) is 8.42 Å². The lowest BCUT2D eigenvalue weighted by atomic mass is 10.1. The van der Waals surface area contributed by atoms with Crippen molar-refractivity contribution in [1.29, 1.82) is 0 Å². The number of nitrogens with zero attached hydrogens (tertiary/aromatic N) is 2. The van der Waals surface area contributed by atoms with Crippen molar-refractivity contribution in [2.24, 2.45) is 4.99 Å². The molecular formula is C22H33IN4O2S2. The molecule has 3 rings (SSSR count). The lowest BCUT2D eigenvalue weighted by Gasteiger charge is -2.34. The van der Waals surface area contributed by atoms with Crippen molar-refractivity contribution in [3.63, 3.8) is 0 Å². The monoisotopic (exact) mass is 576 g/mol. The number of halogens is 1. The standard InChI is InChI=1S/C22H32N4O2S2.HI/c1-3-18(17-30(27,28)20-9-6-5-7-10-20)24-22(23-4-2)25-19-12-14-26(15-13-19)21-11-8-16-29-21;/h5-11,16,18-19H,3-4,12-15,17H2,1-2H3,(H2,23,24,25);1H. The second-order valence-corrected chi connectivity index (χ2v) is 10.5. The van der Waals surface area contributed by atoms with Crippen molar-refractivity contribution in [1.82, 2.24) is 10.6 Å². The molecule has 1 atom stereocenters. The summed E-state index contributed by atoms with van der Waals surface area (Å²) in [7, 11) is -3.35. The summed E-state index contributed by atoms with van der Waals surface area (Å²) in [5, 5.41) is 10.3. The zero-order chi connectivity index (χ0) is 21.4. The van der Waals surface area contributed by atoms with Crippen LogP contribution in [0, 0.1) is 0 Å². The van der Waals surface area contributed by atoms with E-state index in [0.717, 1.165) is 25.9 Å². The first-order valence-corrected chi connectivity index (χ1v) is 13.2. The molecule has 0 spiro atoms. The summed E-state index contributed by atoms with van der Waals surface area (Å²) in [4.78, 5) is 7.36. The predicted molar refractivity (Wildman–Crippen MR) is 142 cm³/mol. The van der Waals surface area contributed by atoms with Crippen LogP contribution in [-0.4, -0.2) is 51.8 Å². The summed E-state index contributed by atoms with van der Waals surface area (Å²) in [6.45, 7) is 6.66. The first-order valence-electron chi connectivity index (χ1n) is 10.7. The fourth-order valence-electron chi connectivity index (χ4n) is 3.62. The lowest BCUT2D eigenvalue weighted by molar-refractivity contribution is 0.458. The molecule has 2 aromatic rings. The third-order valence-corrected chi connectivity index (χ3v) is 8.09. The van der Waals surface area contributed by atoms with E-state index in [2.05, 4.69) is 38.0 Å². The van der Waals surface area contributed by atoms with Gasteiger partial charge < -0.3 is 15.5 Å². The average molecular weight is 577 g/mol. The summed E-state index contributed by atoms with van der Waals surface area (Å²) >= 11 is 1.78. The van der Waals surface area contributed by atoms with Crippen LogP contribution in [0.15, 0.2) is 57.7 Å². The molecule has 2 N–H and O–H groups in total. The van der Waals surface area contributed by atoms with E-state index in [1.54, 1.807) is 35.6 Å². The van der Waals surface area contributed by atoms with E-state index >= 15 is 0 Å². The number of hydrogen-bond acceptors (Lipinski definition) is 5. The van der Waals surface area contributed by atoms with E-state index in [4.69, 9.17) is 0 Å². The van der Waals surface area contributed by atoms with Gasteiger partial charge in [0.1, 0.15) is 0 Å². The Kier molecular flexibility index (Phi) is 10.6. The number of thiophene rings is 1. The Morgan fingerprint density at radius 3 is 2.45 bits per heavy atom. The number of benzene rings is 1. The molecule has 2 heterocycles. The van der Waals surface area contributed by atoms with E-state index in [-0.39, 0.29) is 35.8 Å². The van der Waals surface area contributed by atoms with Gasteiger partial charge in [0.05, 0.1) is 15.6 Å². The number of piperidine rings is 1. The molecule has 1 aromatic carbocycles. The zero-order valence-electron chi connectivity index (χ0n) is 18.2. The molecule has 1 aliphatic rings. The molecule has 0 radical (unpaired) electrons. The van der Waals surface area contributed by atoms with Crippen LogP contribution < -0.4 is 15.5 Å². The topological polar surface area (TPSA) is 73.8 Å². The van der Waals surface area contributed by atoms with Gasteiger partial charge in [-0.15, -0.1) is 35.3 Å². The third kappa shape index (κ3) is 7.64. The van der Waals surface area contributed by atoms with Gasteiger partial charge in [-0.2, -0.15) is 0 Å². The molecule has 1 saturated heterocycles. The molecular weight excluding hydrogens is 543 g/mol. The van der Waals surface area contributed by atoms with Crippen LogP contribution in [0.2, 0.25) is 0 Å². The molecule has 172 valence electrons. The SMILES string of the molecule is CCN=C(NC1CCN(c2cccs2)CC1)NC(CC)CS(=O)(=O)c1ccccc1.I. The van der Waals surface area contributed by atoms with Crippen molar-refractivity contribution >= 4 is 56.1 Å². The van der Waals surface area contributed by atoms with E-state index in [9.17, 15) is 8.42 Å². The Labute approximate surface area is 207 Å². The van der Waals surface area contributed by atoms with E-state index in [1.165, 1.54) is 5.00 Å². The number of sulfone groups is 1. The number of hydrogen-bond donors (Lipinski definition) is 2. The van der Waals surface area contributed by atoms with E-state index < -0.39 is 9.84 Å². The molecule has 0 aliphatic carbocycles. The fraction of sp³-hybridized carbons (Fsp3) is 0.500. The highest BCUT2D eigenvalue weighted by molar-refractivity contribution is 14.0.